The van der Waals surface area contributed by atoms with Gasteiger partial charge < -0.3 is 0 Å². The van der Waals surface area contributed by atoms with Gasteiger partial charge in [0, 0.05) is 11.1 Å². The Morgan fingerprint density at radius 1 is 1.40 bits per heavy atom. The van der Waals surface area contributed by atoms with E-state index in [0.717, 1.165) is 5.69 Å². The summed E-state index contributed by atoms with van der Waals surface area (Å²) >= 11 is 0. The van der Waals surface area contributed by atoms with Crippen molar-refractivity contribution < 1.29 is 9.18 Å². The molecular weight excluding hydrogens is 195 g/mol. The monoisotopic (exact) mass is 202 g/mol. The number of pyridine rings is 1. The highest BCUT2D eigenvalue weighted by Crippen LogP contribution is 2.25. The van der Waals surface area contributed by atoms with Crippen LogP contribution in [-0.4, -0.2) is 11.1 Å². The Balaban J connectivity index is 2.87. The zero-order chi connectivity index (χ0) is 10.8. The van der Waals surface area contributed by atoms with Gasteiger partial charge in [0.15, 0.2) is 0 Å². The molecule has 0 fully saturated rings. The predicted molar refractivity (Wildman–Crippen MR) is 54.2 cm³/mol. The molecule has 0 N–H and O–H groups in total. The van der Waals surface area contributed by atoms with Crippen molar-refractivity contribution in [3.05, 3.63) is 35.8 Å². The molecule has 1 heterocycles. The van der Waals surface area contributed by atoms with Gasteiger partial charge in [0.2, 0.25) is 6.08 Å². The zero-order valence-corrected chi connectivity index (χ0v) is 7.99. The van der Waals surface area contributed by atoms with Crippen LogP contribution in [0.1, 0.15) is 5.69 Å². The number of nitrogens with zero attached hydrogens (tertiary/aromatic N) is 2. The van der Waals surface area contributed by atoms with Crippen LogP contribution >= 0.6 is 0 Å². The van der Waals surface area contributed by atoms with Gasteiger partial charge in [-0.1, -0.05) is 0 Å². The number of carbonyl (C=O) groups excluding carboxylic acids is 1. The minimum Gasteiger partial charge on any atom is -0.253 e. The molecule has 0 aliphatic rings. The summed E-state index contributed by atoms with van der Waals surface area (Å²) in [6.07, 6.45) is 1.45. The quantitative estimate of drug-likeness (QED) is 0.527. The van der Waals surface area contributed by atoms with Gasteiger partial charge in [-0.15, -0.1) is 0 Å². The molecule has 0 aliphatic heterocycles. The fourth-order valence-corrected chi connectivity index (χ4v) is 1.45. The maximum absolute atomic E-state index is 13.0. The fourth-order valence-electron chi connectivity index (χ4n) is 1.45. The first-order chi connectivity index (χ1) is 7.20. The topological polar surface area (TPSA) is 42.3 Å². The van der Waals surface area contributed by atoms with Crippen LogP contribution in [0.15, 0.2) is 29.3 Å². The van der Waals surface area contributed by atoms with Crippen molar-refractivity contribution in [3.8, 4) is 0 Å². The molecule has 0 radical (unpaired) electrons. The first-order valence-corrected chi connectivity index (χ1v) is 4.35. The number of isocyanates is 1. The van der Waals surface area contributed by atoms with Crippen molar-refractivity contribution in [1.82, 2.24) is 4.98 Å². The van der Waals surface area contributed by atoms with Gasteiger partial charge in [-0.3, -0.25) is 4.98 Å². The molecule has 0 saturated carbocycles. The van der Waals surface area contributed by atoms with E-state index in [1.807, 2.05) is 0 Å². The number of halogens is 1. The van der Waals surface area contributed by atoms with Crippen molar-refractivity contribution in [3.63, 3.8) is 0 Å². The van der Waals surface area contributed by atoms with Gasteiger partial charge in [0.05, 0.1) is 11.2 Å². The van der Waals surface area contributed by atoms with E-state index in [2.05, 4.69) is 9.98 Å². The van der Waals surface area contributed by atoms with E-state index >= 15 is 0 Å². The standard InChI is InChI=1S/C11H7FN2O/c1-7-4-11(13-6-15)9-5-8(12)2-3-10(9)14-7/h2-5H,1H3. The molecule has 0 amide bonds. The second-order valence-electron chi connectivity index (χ2n) is 3.15. The highest BCUT2D eigenvalue weighted by Gasteiger charge is 2.04. The molecule has 4 heteroatoms. The minimum atomic E-state index is -0.379. The summed E-state index contributed by atoms with van der Waals surface area (Å²) < 4.78 is 13.0. The van der Waals surface area contributed by atoms with Crippen molar-refractivity contribution in [2.45, 2.75) is 6.92 Å². The number of hydrogen-bond donors (Lipinski definition) is 0. The van der Waals surface area contributed by atoms with Crippen LogP contribution in [0.5, 0.6) is 0 Å². The molecule has 0 unspecified atom stereocenters. The molecule has 74 valence electrons. The second kappa shape index (κ2) is 3.59. The van der Waals surface area contributed by atoms with Crippen molar-refractivity contribution >= 4 is 22.7 Å². The summed E-state index contributed by atoms with van der Waals surface area (Å²) in [7, 11) is 0. The Hall–Kier alpha value is -2.06. The minimum absolute atomic E-state index is 0.379. The van der Waals surface area contributed by atoms with E-state index in [1.54, 1.807) is 19.1 Å². The Bertz CT molecular complexity index is 574. The van der Waals surface area contributed by atoms with E-state index in [9.17, 15) is 9.18 Å². The number of rotatable bonds is 1. The summed E-state index contributed by atoms with van der Waals surface area (Å²) in [6.45, 7) is 1.78. The smallest absolute Gasteiger partial charge is 0.240 e. The highest BCUT2D eigenvalue weighted by molar-refractivity contribution is 5.90. The summed E-state index contributed by atoms with van der Waals surface area (Å²) in [5, 5.41) is 0.518. The summed E-state index contributed by atoms with van der Waals surface area (Å²) in [5.41, 5.74) is 1.74. The lowest BCUT2D eigenvalue weighted by Crippen LogP contribution is -1.85. The Morgan fingerprint density at radius 3 is 2.93 bits per heavy atom. The molecule has 3 nitrogen and oxygen atoms in total. The summed E-state index contributed by atoms with van der Waals surface area (Å²) in [6, 6.07) is 5.80. The van der Waals surface area contributed by atoms with Crippen LogP contribution in [-0.2, 0) is 4.79 Å². The molecule has 1 aromatic heterocycles. The molecule has 2 rings (SSSR count). The van der Waals surface area contributed by atoms with E-state index in [1.165, 1.54) is 18.2 Å². The van der Waals surface area contributed by atoms with Crippen molar-refractivity contribution in [2.75, 3.05) is 0 Å². The third kappa shape index (κ3) is 1.75. The fraction of sp³-hybridized carbons (Fsp3) is 0.0909. The number of aliphatic imine (C=N–C) groups is 1. The molecule has 0 saturated heterocycles. The summed E-state index contributed by atoms with van der Waals surface area (Å²) in [5.74, 6) is -0.379. The molecule has 0 bridgehead atoms. The molecular formula is C11H7FN2O. The third-order valence-electron chi connectivity index (χ3n) is 2.04. The van der Waals surface area contributed by atoms with E-state index in [4.69, 9.17) is 0 Å². The number of benzene rings is 1. The lowest BCUT2D eigenvalue weighted by Gasteiger charge is -2.02. The average molecular weight is 202 g/mol. The summed E-state index contributed by atoms with van der Waals surface area (Å²) in [4.78, 5) is 17.9. The van der Waals surface area contributed by atoms with Gasteiger partial charge in [-0.2, -0.15) is 4.99 Å². The first kappa shape index (κ1) is 9.49. The second-order valence-corrected chi connectivity index (χ2v) is 3.15. The number of aryl methyl sites for hydroxylation is 1. The zero-order valence-electron chi connectivity index (χ0n) is 7.99. The van der Waals surface area contributed by atoms with Crippen LogP contribution in [0.25, 0.3) is 10.9 Å². The van der Waals surface area contributed by atoms with Crippen LogP contribution in [0.2, 0.25) is 0 Å². The van der Waals surface area contributed by atoms with E-state index < -0.39 is 0 Å². The van der Waals surface area contributed by atoms with Gasteiger partial charge in [0.25, 0.3) is 0 Å². The maximum atomic E-state index is 13.0. The third-order valence-corrected chi connectivity index (χ3v) is 2.04. The van der Waals surface area contributed by atoms with E-state index in [0.29, 0.717) is 16.6 Å². The van der Waals surface area contributed by atoms with Crippen LogP contribution in [0, 0.1) is 12.7 Å². The molecule has 0 spiro atoms. The Morgan fingerprint density at radius 2 is 2.20 bits per heavy atom. The van der Waals surface area contributed by atoms with Crippen LogP contribution in [0.3, 0.4) is 0 Å². The molecule has 15 heavy (non-hydrogen) atoms. The first-order valence-electron chi connectivity index (χ1n) is 4.35. The molecule has 0 atom stereocenters. The molecule has 2 aromatic rings. The number of hydrogen-bond acceptors (Lipinski definition) is 3. The highest BCUT2D eigenvalue weighted by atomic mass is 19.1. The normalized spacial score (nSPS) is 10.0. The van der Waals surface area contributed by atoms with Gasteiger partial charge >= 0.3 is 0 Å². The van der Waals surface area contributed by atoms with Crippen molar-refractivity contribution in [1.29, 1.82) is 0 Å². The molecule has 1 aromatic carbocycles. The Kier molecular flexibility index (Phi) is 2.27. The van der Waals surface area contributed by atoms with Crippen molar-refractivity contribution in [2.24, 2.45) is 4.99 Å². The lowest BCUT2D eigenvalue weighted by molar-refractivity contribution is 0.565. The van der Waals surface area contributed by atoms with Crippen LogP contribution in [0.4, 0.5) is 10.1 Å². The largest absolute Gasteiger partial charge is 0.253 e. The van der Waals surface area contributed by atoms with Gasteiger partial charge in [0.1, 0.15) is 5.82 Å². The number of fused-ring (bicyclic) bond motifs is 1. The predicted octanol–water partition coefficient (Wildman–Crippen LogP) is 2.65. The average Bonchev–Trinajstić information content (AvgIpc) is 2.19. The van der Waals surface area contributed by atoms with Gasteiger partial charge in [-0.25, -0.2) is 9.18 Å². The lowest BCUT2D eigenvalue weighted by atomic mass is 10.1. The van der Waals surface area contributed by atoms with Crippen LogP contribution < -0.4 is 0 Å². The van der Waals surface area contributed by atoms with Gasteiger partial charge in [-0.05, 0) is 31.2 Å². The van der Waals surface area contributed by atoms with E-state index in [-0.39, 0.29) is 5.82 Å². The molecule has 0 aliphatic carbocycles. The Labute approximate surface area is 85.3 Å². The SMILES string of the molecule is Cc1cc(N=C=O)c2cc(F)ccc2n1. The number of aromatic nitrogens is 1. The maximum Gasteiger partial charge on any atom is 0.240 e.